The van der Waals surface area contributed by atoms with Crippen molar-refractivity contribution in [3.05, 3.63) is 33.0 Å². The van der Waals surface area contributed by atoms with Gasteiger partial charge in [-0.25, -0.2) is 4.39 Å². The number of aliphatic hydroxyl groups is 1. The van der Waals surface area contributed by atoms with E-state index in [4.69, 9.17) is 16.3 Å². The SMILES string of the molecule is CC1CC(O)(c2ccc(Br)c(Cl)c2F)CC(C)O1. The highest BCUT2D eigenvalue weighted by atomic mass is 79.9. The second-order valence-electron chi connectivity index (χ2n) is 4.92. The molecule has 1 aromatic rings. The van der Waals surface area contributed by atoms with Crippen LogP contribution in [0.5, 0.6) is 0 Å². The normalized spacial score (nSPS) is 32.6. The highest BCUT2D eigenvalue weighted by Crippen LogP contribution is 2.41. The number of hydrogen-bond donors (Lipinski definition) is 1. The van der Waals surface area contributed by atoms with Crippen molar-refractivity contribution in [3.63, 3.8) is 0 Å². The predicted molar refractivity (Wildman–Crippen MR) is 72.2 cm³/mol. The van der Waals surface area contributed by atoms with Crippen LogP contribution >= 0.6 is 27.5 Å². The van der Waals surface area contributed by atoms with Crippen LogP contribution in [-0.4, -0.2) is 17.3 Å². The zero-order valence-corrected chi connectivity index (χ0v) is 12.6. The van der Waals surface area contributed by atoms with Crippen molar-refractivity contribution in [1.29, 1.82) is 0 Å². The first-order valence-electron chi connectivity index (χ1n) is 5.85. The number of ether oxygens (including phenoxy) is 1. The molecule has 2 rings (SSSR count). The summed E-state index contributed by atoms with van der Waals surface area (Å²) in [6, 6.07) is 3.24. The summed E-state index contributed by atoms with van der Waals surface area (Å²) in [7, 11) is 0. The summed E-state index contributed by atoms with van der Waals surface area (Å²) >= 11 is 9.04. The zero-order chi connectivity index (χ0) is 13.5. The summed E-state index contributed by atoms with van der Waals surface area (Å²) < 4.78 is 20.2. The topological polar surface area (TPSA) is 29.5 Å². The Labute approximate surface area is 119 Å². The molecule has 2 nitrogen and oxygen atoms in total. The lowest BCUT2D eigenvalue weighted by Gasteiger charge is -2.39. The van der Waals surface area contributed by atoms with E-state index in [0.29, 0.717) is 17.3 Å². The van der Waals surface area contributed by atoms with Crippen molar-refractivity contribution in [3.8, 4) is 0 Å². The first kappa shape index (κ1) is 14.3. The van der Waals surface area contributed by atoms with E-state index >= 15 is 0 Å². The fourth-order valence-electron chi connectivity index (χ4n) is 2.63. The van der Waals surface area contributed by atoms with Crippen LogP contribution in [0.3, 0.4) is 0 Å². The third-order valence-electron chi connectivity index (χ3n) is 3.25. The van der Waals surface area contributed by atoms with Crippen molar-refractivity contribution in [1.82, 2.24) is 0 Å². The third-order valence-corrected chi connectivity index (χ3v) is 4.51. The van der Waals surface area contributed by atoms with Gasteiger partial charge in [0.15, 0.2) is 0 Å². The van der Waals surface area contributed by atoms with Gasteiger partial charge in [-0.05, 0) is 35.8 Å². The molecule has 0 amide bonds. The van der Waals surface area contributed by atoms with Crippen molar-refractivity contribution < 1.29 is 14.2 Å². The van der Waals surface area contributed by atoms with Gasteiger partial charge in [0.2, 0.25) is 0 Å². The predicted octanol–water partition coefficient (Wildman–Crippen LogP) is 4.02. The molecule has 1 heterocycles. The van der Waals surface area contributed by atoms with E-state index in [9.17, 15) is 9.50 Å². The third kappa shape index (κ3) is 2.57. The summed E-state index contributed by atoms with van der Waals surface area (Å²) in [6.07, 6.45) is 0.513. The highest BCUT2D eigenvalue weighted by Gasteiger charge is 2.40. The summed E-state index contributed by atoms with van der Waals surface area (Å²) in [5.74, 6) is -0.560. The molecule has 5 heteroatoms. The molecular formula is C13H15BrClFO2. The largest absolute Gasteiger partial charge is 0.385 e. The molecule has 1 N–H and O–H groups in total. The van der Waals surface area contributed by atoms with E-state index in [1.165, 1.54) is 0 Å². The number of benzene rings is 1. The Morgan fingerprint density at radius 2 is 1.94 bits per heavy atom. The van der Waals surface area contributed by atoms with E-state index in [2.05, 4.69) is 15.9 Å². The summed E-state index contributed by atoms with van der Waals surface area (Å²) in [5.41, 5.74) is -0.969. The van der Waals surface area contributed by atoms with E-state index in [1.807, 2.05) is 13.8 Å². The van der Waals surface area contributed by atoms with Gasteiger partial charge in [0.25, 0.3) is 0 Å². The number of hydrogen-bond acceptors (Lipinski definition) is 2. The molecule has 1 saturated heterocycles. The summed E-state index contributed by atoms with van der Waals surface area (Å²) in [4.78, 5) is 0. The molecule has 0 saturated carbocycles. The minimum Gasteiger partial charge on any atom is -0.385 e. The van der Waals surface area contributed by atoms with Gasteiger partial charge in [0.1, 0.15) is 5.82 Å². The van der Waals surface area contributed by atoms with Gasteiger partial charge >= 0.3 is 0 Å². The van der Waals surface area contributed by atoms with Gasteiger partial charge in [-0.15, -0.1) is 0 Å². The van der Waals surface area contributed by atoms with Crippen LogP contribution < -0.4 is 0 Å². The van der Waals surface area contributed by atoms with Gasteiger partial charge in [0.05, 0.1) is 22.8 Å². The van der Waals surface area contributed by atoms with E-state index in [0.717, 1.165) is 0 Å². The lowest BCUT2D eigenvalue weighted by Crippen LogP contribution is -2.41. The molecule has 0 aromatic heterocycles. The lowest BCUT2D eigenvalue weighted by atomic mass is 9.81. The molecule has 18 heavy (non-hydrogen) atoms. The molecule has 2 unspecified atom stereocenters. The average molecular weight is 338 g/mol. The van der Waals surface area contributed by atoms with Gasteiger partial charge in [0, 0.05) is 22.9 Å². The standard InChI is InChI=1S/C13H15BrClFO2/c1-7-5-13(17,6-8(2)18-7)9-3-4-10(14)11(15)12(9)16/h3-4,7-8,17H,5-6H2,1-2H3. The lowest BCUT2D eigenvalue weighted by molar-refractivity contribution is -0.137. The van der Waals surface area contributed by atoms with Crippen molar-refractivity contribution in [2.24, 2.45) is 0 Å². The van der Waals surface area contributed by atoms with E-state index < -0.39 is 11.4 Å². The average Bonchev–Trinajstić information content (AvgIpc) is 2.23. The molecule has 1 aliphatic heterocycles. The molecule has 0 radical (unpaired) electrons. The zero-order valence-electron chi connectivity index (χ0n) is 10.2. The maximum Gasteiger partial charge on any atom is 0.149 e. The minimum absolute atomic E-state index is 0.00715. The van der Waals surface area contributed by atoms with Crippen LogP contribution in [0.2, 0.25) is 5.02 Å². The first-order chi connectivity index (χ1) is 8.33. The summed E-state index contributed by atoms with van der Waals surface area (Å²) in [6.45, 7) is 3.75. The molecule has 1 fully saturated rings. The molecule has 0 aliphatic carbocycles. The molecule has 0 spiro atoms. The van der Waals surface area contributed by atoms with Crippen LogP contribution in [0.25, 0.3) is 0 Å². The second-order valence-corrected chi connectivity index (χ2v) is 6.15. The Balaban J connectivity index is 2.44. The monoisotopic (exact) mass is 336 g/mol. The van der Waals surface area contributed by atoms with Crippen LogP contribution in [-0.2, 0) is 10.3 Å². The molecule has 1 aromatic carbocycles. The van der Waals surface area contributed by atoms with Crippen molar-refractivity contribution >= 4 is 27.5 Å². The van der Waals surface area contributed by atoms with Gasteiger partial charge < -0.3 is 9.84 Å². The molecule has 0 bridgehead atoms. The Morgan fingerprint density at radius 1 is 1.39 bits per heavy atom. The quantitative estimate of drug-likeness (QED) is 0.784. The maximum atomic E-state index is 14.2. The number of rotatable bonds is 1. The molecule has 100 valence electrons. The number of halogens is 3. The van der Waals surface area contributed by atoms with E-state index in [1.54, 1.807) is 12.1 Å². The van der Waals surface area contributed by atoms with Crippen molar-refractivity contribution in [2.45, 2.75) is 44.5 Å². The Morgan fingerprint density at radius 3 is 2.50 bits per heavy atom. The fourth-order valence-corrected chi connectivity index (χ4v) is 3.10. The molecular weight excluding hydrogens is 322 g/mol. The van der Waals surface area contributed by atoms with Crippen LogP contribution in [0.15, 0.2) is 16.6 Å². The minimum atomic E-state index is -1.22. The van der Waals surface area contributed by atoms with Gasteiger partial charge in [-0.1, -0.05) is 17.7 Å². The first-order valence-corrected chi connectivity index (χ1v) is 7.02. The smallest absolute Gasteiger partial charge is 0.149 e. The Hall–Kier alpha value is -0.160. The van der Waals surface area contributed by atoms with Crippen LogP contribution in [0.1, 0.15) is 32.3 Å². The highest BCUT2D eigenvalue weighted by molar-refractivity contribution is 9.10. The summed E-state index contributed by atoms with van der Waals surface area (Å²) in [5, 5.41) is 10.7. The van der Waals surface area contributed by atoms with Gasteiger partial charge in [-0.3, -0.25) is 0 Å². The van der Waals surface area contributed by atoms with Crippen LogP contribution in [0, 0.1) is 5.82 Å². The van der Waals surface area contributed by atoms with E-state index in [-0.39, 0.29) is 22.8 Å². The second kappa shape index (κ2) is 5.08. The fraction of sp³-hybridized carbons (Fsp3) is 0.538. The maximum absolute atomic E-state index is 14.2. The Bertz CT molecular complexity index is 457. The molecule has 1 aliphatic rings. The Kier molecular flexibility index (Phi) is 4.02. The van der Waals surface area contributed by atoms with Gasteiger partial charge in [-0.2, -0.15) is 0 Å². The van der Waals surface area contributed by atoms with Crippen LogP contribution in [0.4, 0.5) is 4.39 Å². The molecule has 2 atom stereocenters. The van der Waals surface area contributed by atoms with Crippen molar-refractivity contribution in [2.75, 3.05) is 0 Å².